The van der Waals surface area contributed by atoms with Crippen LogP contribution in [0.3, 0.4) is 0 Å². The summed E-state index contributed by atoms with van der Waals surface area (Å²) in [7, 11) is 0. The quantitative estimate of drug-likeness (QED) is 0.753. The number of nitrogens with zero attached hydrogens (tertiary/aromatic N) is 2. The molecule has 1 aliphatic heterocycles. The van der Waals surface area contributed by atoms with Gasteiger partial charge in [-0.15, -0.1) is 0 Å². The summed E-state index contributed by atoms with van der Waals surface area (Å²) >= 11 is 3.47. The predicted octanol–water partition coefficient (Wildman–Crippen LogP) is 3.32. The Morgan fingerprint density at radius 2 is 2.09 bits per heavy atom. The number of benzene rings is 1. The molecule has 0 N–H and O–H groups in total. The number of aromatic nitrogens is 1. The zero-order valence-electron chi connectivity index (χ0n) is 13.1. The number of fused-ring (bicyclic) bond motifs is 1. The Bertz CT molecular complexity index is 788. The molecule has 1 fully saturated rings. The van der Waals surface area contributed by atoms with Crippen LogP contribution in [0.1, 0.15) is 12.1 Å². The van der Waals surface area contributed by atoms with Gasteiger partial charge in [-0.25, -0.2) is 0 Å². The van der Waals surface area contributed by atoms with Gasteiger partial charge < -0.3 is 9.47 Å². The van der Waals surface area contributed by atoms with Crippen LogP contribution in [-0.2, 0) is 16.1 Å². The highest BCUT2D eigenvalue weighted by atomic mass is 79.9. The third kappa shape index (κ3) is 3.24. The molecule has 1 aliphatic rings. The molecule has 1 aromatic carbocycles. The Kier molecular flexibility index (Phi) is 4.39. The summed E-state index contributed by atoms with van der Waals surface area (Å²) in [6.07, 6.45) is 1.85. The van der Waals surface area contributed by atoms with Gasteiger partial charge in [0.15, 0.2) is 5.78 Å². The van der Waals surface area contributed by atoms with Gasteiger partial charge in [0.1, 0.15) is 0 Å². The molecule has 3 rings (SSSR count). The molecule has 0 unspecified atom stereocenters. The van der Waals surface area contributed by atoms with Gasteiger partial charge in [-0.2, -0.15) is 0 Å². The fraction of sp³-hybridized carbons (Fsp3) is 0.333. The maximum absolute atomic E-state index is 12.4. The van der Waals surface area contributed by atoms with E-state index < -0.39 is 0 Å². The second-order valence-electron chi connectivity index (χ2n) is 6.13. The molecule has 23 heavy (non-hydrogen) atoms. The number of amides is 1. The Morgan fingerprint density at radius 1 is 1.35 bits per heavy atom. The van der Waals surface area contributed by atoms with E-state index in [-0.39, 0.29) is 17.6 Å². The lowest BCUT2D eigenvalue weighted by Crippen LogP contribution is -2.50. The van der Waals surface area contributed by atoms with Crippen LogP contribution in [0.25, 0.3) is 10.9 Å². The molecule has 4 nitrogen and oxygen atoms in total. The number of hydrogen-bond acceptors (Lipinski definition) is 2. The van der Waals surface area contributed by atoms with Gasteiger partial charge in [-0.1, -0.05) is 22.5 Å². The van der Waals surface area contributed by atoms with Crippen LogP contribution in [0.15, 0.2) is 41.4 Å². The van der Waals surface area contributed by atoms with Crippen LogP contribution >= 0.6 is 15.9 Å². The molecular formula is C18H19BrN2O2. The summed E-state index contributed by atoms with van der Waals surface area (Å²) in [6, 6.07) is 8.19. The lowest BCUT2D eigenvalue weighted by Gasteiger charge is -2.38. The second kappa shape index (κ2) is 6.32. The first-order valence-corrected chi connectivity index (χ1v) is 8.45. The Labute approximate surface area is 143 Å². The average molecular weight is 375 g/mol. The van der Waals surface area contributed by atoms with Crippen LogP contribution in [-0.4, -0.2) is 34.2 Å². The number of Topliss-reactive ketones (excluding diaryl/α,β-unsaturated/α-hetero) is 1. The highest BCUT2D eigenvalue weighted by molar-refractivity contribution is 9.10. The van der Waals surface area contributed by atoms with Gasteiger partial charge in [-0.05, 0) is 37.3 Å². The van der Waals surface area contributed by atoms with E-state index in [4.69, 9.17) is 0 Å². The standard InChI is InChI=1S/C18H19BrN2O2/c1-3-18(23)20-9-13(10-20)7-16(22)11-21-12(2)6-14-8-15(19)4-5-17(14)21/h3-6,8,13H,1,7,9-11H2,2H3. The van der Waals surface area contributed by atoms with E-state index >= 15 is 0 Å². The van der Waals surface area contributed by atoms with Crippen LogP contribution in [0.2, 0.25) is 0 Å². The molecule has 2 aromatic rings. The monoisotopic (exact) mass is 374 g/mol. The Balaban J connectivity index is 1.64. The van der Waals surface area contributed by atoms with E-state index in [0.717, 1.165) is 21.1 Å². The van der Waals surface area contributed by atoms with Crippen molar-refractivity contribution < 1.29 is 9.59 Å². The number of hydrogen-bond donors (Lipinski definition) is 0. The molecule has 0 bridgehead atoms. The number of carbonyl (C=O) groups excluding carboxylic acids is 2. The highest BCUT2D eigenvalue weighted by Gasteiger charge is 2.30. The molecule has 2 heterocycles. The van der Waals surface area contributed by atoms with Gasteiger partial charge in [0.05, 0.1) is 6.54 Å². The van der Waals surface area contributed by atoms with Crippen molar-refractivity contribution in [1.29, 1.82) is 0 Å². The summed E-state index contributed by atoms with van der Waals surface area (Å²) in [5.74, 6) is 0.443. The maximum Gasteiger partial charge on any atom is 0.245 e. The molecule has 1 amide bonds. The van der Waals surface area contributed by atoms with Crippen molar-refractivity contribution in [1.82, 2.24) is 9.47 Å². The van der Waals surface area contributed by atoms with Gasteiger partial charge in [0.2, 0.25) is 5.91 Å². The Morgan fingerprint density at radius 3 is 2.78 bits per heavy atom. The molecule has 0 atom stereocenters. The minimum Gasteiger partial charge on any atom is -0.338 e. The number of rotatable bonds is 5. The number of carbonyl (C=O) groups is 2. The molecular weight excluding hydrogens is 356 g/mol. The van der Waals surface area contributed by atoms with Crippen LogP contribution < -0.4 is 0 Å². The summed E-state index contributed by atoms with van der Waals surface area (Å²) in [6.45, 7) is 7.22. The lowest BCUT2D eigenvalue weighted by atomic mass is 9.94. The minimum absolute atomic E-state index is 0.0495. The van der Waals surface area contributed by atoms with Crippen molar-refractivity contribution >= 4 is 38.5 Å². The first-order chi connectivity index (χ1) is 11.0. The highest BCUT2D eigenvalue weighted by Crippen LogP contribution is 2.25. The summed E-state index contributed by atoms with van der Waals surface area (Å²) in [5, 5.41) is 1.14. The van der Waals surface area contributed by atoms with Gasteiger partial charge >= 0.3 is 0 Å². The fourth-order valence-corrected chi connectivity index (χ4v) is 3.54. The molecule has 0 spiro atoms. The van der Waals surface area contributed by atoms with Gasteiger partial charge in [0, 0.05) is 46.5 Å². The van der Waals surface area contributed by atoms with Crippen molar-refractivity contribution in [3.05, 3.63) is 47.1 Å². The van der Waals surface area contributed by atoms with Crippen LogP contribution in [0, 0.1) is 12.8 Å². The molecule has 0 radical (unpaired) electrons. The van der Waals surface area contributed by atoms with E-state index in [1.807, 2.05) is 19.1 Å². The molecule has 1 aromatic heterocycles. The largest absolute Gasteiger partial charge is 0.338 e. The summed E-state index contributed by atoms with van der Waals surface area (Å²) in [4.78, 5) is 25.5. The third-order valence-electron chi connectivity index (χ3n) is 4.36. The van der Waals surface area contributed by atoms with E-state index in [9.17, 15) is 9.59 Å². The SMILES string of the molecule is C=CC(=O)N1CC(CC(=O)Cn2c(C)cc3cc(Br)ccc32)C1. The first-order valence-electron chi connectivity index (χ1n) is 7.66. The molecule has 0 aliphatic carbocycles. The van der Waals surface area contributed by atoms with Crippen molar-refractivity contribution in [3.8, 4) is 0 Å². The first kappa shape index (κ1) is 16.0. The van der Waals surface area contributed by atoms with Crippen molar-refractivity contribution in [2.45, 2.75) is 19.9 Å². The summed E-state index contributed by atoms with van der Waals surface area (Å²) in [5.41, 5.74) is 2.17. The smallest absolute Gasteiger partial charge is 0.245 e. The molecule has 5 heteroatoms. The third-order valence-corrected chi connectivity index (χ3v) is 4.86. The van der Waals surface area contributed by atoms with E-state index in [0.29, 0.717) is 26.1 Å². The number of aryl methyl sites for hydroxylation is 1. The van der Waals surface area contributed by atoms with Crippen molar-refractivity contribution in [2.24, 2.45) is 5.92 Å². The van der Waals surface area contributed by atoms with Crippen LogP contribution in [0.4, 0.5) is 0 Å². The van der Waals surface area contributed by atoms with E-state index in [1.165, 1.54) is 6.08 Å². The predicted molar refractivity (Wildman–Crippen MR) is 94.3 cm³/mol. The van der Waals surface area contributed by atoms with E-state index in [2.05, 4.69) is 39.2 Å². The maximum atomic E-state index is 12.4. The second-order valence-corrected chi connectivity index (χ2v) is 7.05. The van der Waals surface area contributed by atoms with Gasteiger partial charge in [0.25, 0.3) is 0 Å². The lowest BCUT2D eigenvalue weighted by molar-refractivity contribution is -0.134. The van der Waals surface area contributed by atoms with E-state index in [1.54, 1.807) is 4.90 Å². The zero-order valence-corrected chi connectivity index (χ0v) is 14.7. The normalized spacial score (nSPS) is 14.8. The minimum atomic E-state index is -0.0495. The average Bonchev–Trinajstić information content (AvgIpc) is 2.77. The number of ketones is 1. The Hall–Kier alpha value is -1.88. The topological polar surface area (TPSA) is 42.3 Å². The molecule has 1 saturated heterocycles. The van der Waals surface area contributed by atoms with Crippen molar-refractivity contribution in [3.63, 3.8) is 0 Å². The van der Waals surface area contributed by atoms with Gasteiger partial charge in [-0.3, -0.25) is 9.59 Å². The van der Waals surface area contributed by atoms with Crippen molar-refractivity contribution in [2.75, 3.05) is 13.1 Å². The zero-order chi connectivity index (χ0) is 16.6. The number of likely N-dealkylation sites (tertiary alicyclic amines) is 1. The number of halogens is 1. The molecule has 0 saturated carbocycles. The summed E-state index contributed by atoms with van der Waals surface area (Å²) < 4.78 is 3.10. The fourth-order valence-electron chi connectivity index (χ4n) is 3.16. The molecule has 120 valence electrons. The van der Waals surface area contributed by atoms with Crippen LogP contribution in [0.5, 0.6) is 0 Å².